The van der Waals surface area contributed by atoms with E-state index in [9.17, 15) is 8.42 Å². The lowest BCUT2D eigenvalue weighted by Crippen LogP contribution is -2.48. The largest absolute Gasteiger partial charge is 0.369 e. The topological polar surface area (TPSA) is 40.6 Å². The van der Waals surface area contributed by atoms with Crippen LogP contribution in [-0.4, -0.2) is 38.9 Å². The Morgan fingerprint density at radius 2 is 1.48 bits per heavy atom. The lowest BCUT2D eigenvalue weighted by Gasteiger charge is -2.35. The van der Waals surface area contributed by atoms with E-state index in [1.807, 2.05) is 6.92 Å². The van der Waals surface area contributed by atoms with Crippen molar-refractivity contribution in [3.63, 3.8) is 0 Å². The third-order valence-electron chi connectivity index (χ3n) is 4.47. The molecular weight excluding hydrogens is 468 g/mol. The maximum absolute atomic E-state index is 13.0. The quantitative estimate of drug-likeness (QED) is 0.646. The number of sulfonamides is 1. The van der Waals surface area contributed by atoms with E-state index in [4.69, 9.17) is 0 Å². The van der Waals surface area contributed by atoms with Crippen molar-refractivity contribution >= 4 is 47.6 Å². The highest BCUT2D eigenvalue weighted by Crippen LogP contribution is 2.31. The monoisotopic (exact) mass is 486 g/mol. The molecule has 2 aromatic rings. The molecule has 0 radical (unpaired) electrons. The molecule has 1 aliphatic rings. The number of hydrogen-bond acceptors (Lipinski definition) is 3. The van der Waals surface area contributed by atoms with Gasteiger partial charge in [0.05, 0.1) is 4.90 Å². The fourth-order valence-corrected chi connectivity index (χ4v) is 6.07. The molecule has 1 fully saturated rings. The summed E-state index contributed by atoms with van der Waals surface area (Å²) in [5.41, 5.74) is 3.27. The van der Waals surface area contributed by atoms with E-state index in [1.54, 1.807) is 16.4 Å². The van der Waals surface area contributed by atoms with Gasteiger partial charge in [0, 0.05) is 40.8 Å². The van der Waals surface area contributed by atoms with Crippen LogP contribution in [0.25, 0.3) is 0 Å². The molecule has 134 valence electrons. The van der Waals surface area contributed by atoms with E-state index >= 15 is 0 Å². The first-order chi connectivity index (χ1) is 11.8. The van der Waals surface area contributed by atoms with Crippen LogP contribution in [0.5, 0.6) is 0 Å². The van der Waals surface area contributed by atoms with Crippen LogP contribution < -0.4 is 4.90 Å². The first kappa shape index (κ1) is 18.9. The fourth-order valence-electron chi connectivity index (χ4n) is 2.91. The Morgan fingerprint density at radius 3 is 2.08 bits per heavy atom. The van der Waals surface area contributed by atoms with Gasteiger partial charge in [-0.05, 0) is 59.6 Å². The molecule has 1 aliphatic heterocycles. The van der Waals surface area contributed by atoms with Crippen molar-refractivity contribution in [1.82, 2.24) is 4.31 Å². The summed E-state index contributed by atoms with van der Waals surface area (Å²) in [5, 5.41) is 0. The van der Waals surface area contributed by atoms with Crippen LogP contribution in [-0.2, 0) is 10.0 Å². The Hall–Kier alpha value is -0.890. The van der Waals surface area contributed by atoms with Gasteiger partial charge in [0.2, 0.25) is 10.0 Å². The molecule has 0 saturated carbocycles. The van der Waals surface area contributed by atoms with E-state index < -0.39 is 10.0 Å². The van der Waals surface area contributed by atoms with E-state index in [0.29, 0.717) is 35.5 Å². The molecular formula is C18H20Br2N2O2S. The van der Waals surface area contributed by atoms with Crippen molar-refractivity contribution < 1.29 is 8.42 Å². The molecule has 25 heavy (non-hydrogen) atoms. The highest BCUT2D eigenvalue weighted by atomic mass is 79.9. The fraction of sp³-hybridized carbons (Fsp3) is 0.333. The molecule has 7 heteroatoms. The van der Waals surface area contributed by atoms with Crippen molar-refractivity contribution in [3.8, 4) is 0 Å². The molecule has 0 unspecified atom stereocenters. The summed E-state index contributed by atoms with van der Waals surface area (Å²) in [6, 6.07) is 11.9. The number of halogens is 2. The van der Waals surface area contributed by atoms with Gasteiger partial charge in [0.25, 0.3) is 0 Å². The number of anilines is 1. The van der Waals surface area contributed by atoms with Gasteiger partial charge < -0.3 is 4.90 Å². The predicted molar refractivity (Wildman–Crippen MR) is 109 cm³/mol. The molecule has 0 spiro atoms. The number of nitrogens with zero attached hydrogens (tertiary/aromatic N) is 2. The van der Waals surface area contributed by atoms with Crippen molar-refractivity contribution in [3.05, 3.63) is 56.5 Å². The van der Waals surface area contributed by atoms with Gasteiger partial charge in [0.1, 0.15) is 0 Å². The zero-order chi connectivity index (χ0) is 18.2. The number of hydrogen-bond donors (Lipinski definition) is 0. The summed E-state index contributed by atoms with van der Waals surface area (Å²) >= 11 is 6.83. The van der Waals surface area contributed by atoms with Crippen molar-refractivity contribution in [2.45, 2.75) is 18.7 Å². The van der Waals surface area contributed by atoms with Crippen LogP contribution in [0.3, 0.4) is 0 Å². The summed E-state index contributed by atoms with van der Waals surface area (Å²) < 4.78 is 29.1. The predicted octanol–water partition coefficient (Wildman–Crippen LogP) is 4.34. The Labute approximate surface area is 166 Å². The second-order valence-corrected chi connectivity index (χ2v) is 9.87. The second-order valence-electron chi connectivity index (χ2n) is 6.26. The highest BCUT2D eigenvalue weighted by molar-refractivity contribution is 9.11. The third-order valence-corrected chi connectivity index (χ3v) is 8.18. The first-order valence-corrected chi connectivity index (χ1v) is 11.1. The van der Waals surface area contributed by atoms with Crippen LogP contribution in [0.4, 0.5) is 5.69 Å². The van der Waals surface area contributed by atoms with Gasteiger partial charge in [-0.15, -0.1) is 0 Å². The van der Waals surface area contributed by atoms with Crippen molar-refractivity contribution in [2.24, 2.45) is 0 Å². The summed E-state index contributed by atoms with van der Waals surface area (Å²) in [4.78, 5) is 2.56. The number of benzene rings is 2. The lowest BCUT2D eigenvalue weighted by atomic mass is 10.2. The molecule has 4 nitrogen and oxygen atoms in total. The van der Waals surface area contributed by atoms with E-state index in [2.05, 4.69) is 67.9 Å². The smallest absolute Gasteiger partial charge is 0.244 e. The molecule has 1 heterocycles. The Morgan fingerprint density at radius 1 is 0.880 bits per heavy atom. The number of piperazine rings is 1. The van der Waals surface area contributed by atoms with Crippen LogP contribution in [0.1, 0.15) is 11.1 Å². The third kappa shape index (κ3) is 3.94. The van der Waals surface area contributed by atoms with E-state index in [1.165, 1.54) is 5.56 Å². The Bertz CT molecular complexity index is 875. The molecule has 0 amide bonds. The minimum Gasteiger partial charge on any atom is -0.369 e. The van der Waals surface area contributed by atoms with Crippen LogP contribution >= 0.6 is 31.9 Å². The normalized spacial score (nSPS) is 16.2. The molecule has 0 N–H and O–H groups in total. The van der Waals surface area contributed by atoms with Crippen LogP contribution in [0.2, 0.25) is 0 Å². The van der Waals surface area contributed by atoms with Gasteiger partial charge in [-0.3, -0.25) is 0 Å². The number of rotatable bonds is 3. The molecule has 0 bridgehead atoms. The molecule has 0 aromatic heterocycles. The van der Waals surface area contributed by atoms with Gasteiger partial charge in [-0.2, -0.15) is 4.31 Å². The average Bonchev–Trinajstić information content (AvgIpc) is 2.59. The first-order valence-electron chi connectivity index (χ1n) is 8.06. The van der Waals surface area contributed by atoms with E-state index in [0.717, 1.165) is 15.7 Å². The maximum atomic E-state index is 13.0. The average molecular weight is 488 g/mol. The molecule has 3 rings (SSSR count). The van der Waals surface area contributed by atoms with Crippen molar-refractivity contribution in [2.75, 3.05) is 31.1 Å². The van der Waals surface area contributed by atoms with Crippen LogP contribution in [0, 0.1) is 13.8 Å². The zero-order valence-corrected chi connectivity index (χ0v) is 18.2. The van der Waals surface area contributed by atoms with Gasteiger partial charge in [-0.1, -0.05) is 33.6 Å². The Balaban J connectivity index is 1.78. The summed E-state index contributed by atoms with van der Waals surface area (Å²) in [5.74, 6) is 0. The van der Waals surface area contributed by atoms with Crippen LogP contribution in [0.15, 0.2) is 50.2 Å². The Kier molecular flexibility index (Phi) is 5.58. The maximum Gasteiger partial charge on any atom is 0.244 e. The standard InChI is InChI=1S/C18H20Br2N2O2S/c1-13-3-5-15(6-4-13)21-7-9-22(10-8-21)25(23,24)18-11-14(2)16(19)12-17(18)20/h3-6,11-12H,7-10H2,1-2H3. The molecule has 0 atom stereocenters. The van der Waals surface area contributed by atoms with Gasteiger partial charge >= 0.3 is 0 Å². The SMILES string of the molecule is Cc1ccc(N2CCN(S(=O)(=O)c3cc(C)c(Br)cc3Br)CC2)cc1. The lowest BCUT2D eigenvalue weighted by molar-refractivity contribution is 0.384. The van der Waals surface area contributed by atoms with Gasteiger partial charge in [0.15, 0.2) is 0 Å². The number of aryl methyl sites for hydroxylation is 2. The van der Waals surface area contributed by atoms with E-state index in [-0.39, 0.29) is 0 Å². The van der Waals surface area contributed by atoms with Crippen molar-refractivity contribution in [1.29, 1.82) is 0 Å². The highest BCUT2D eigenvalue weighted by Gasteiger charge is 2.30. The van der Waals surface area contributed by atoms with Gasteiger partial charge in [-0.25, -0.2) is 8.42 Å². The minimum atomic E-state index is -3.51. The molecule has 2 aromatic carbocycles. The summed E-state index contributed by atoms with van der Waals surface area (Å²) in [6.45, 7) is 6.30. The zero-order valence-electron chi connectivity index (χ0n) is 14.2. The summed E-state index contributed by atoms with van der Waals surface area (Å²) in [7, 11) is -3.51. The minimum absolute atomic E-state index is 0.331. The summed E-state index contributed by atoms with van der Waals surface area (Å²) in [6.07, 6.45) is 0. The second kappa shape index (κ2) is 7.39. The molecule has 1 saturated heterocycles. The molecule has 0 aliphatic carbocycles.